The highest BCUT2D eigenvalue weighted by Crippen LogP contribution is 2.39. The molecule has 1 heterocycles. The van der Waals surface area contributed by atoms with Crippen LogP contribution in [0.3, 0.4) is 0 Å². The van der Waals surface area contributed by atoms with Crippen molar-refractivity contribution in [3.05, 3.63) is 94.8 Å². The second kappa shape index (κ2) is 8.44. The first kappa shape index (κ1) is 19.7. The van der Waals surface area contributed by atoms with Crippen LogP contribution in [-0.4, -0.2) is 29.1 Å². The molecule has 29 heavy (non-hydrogen) atoms. The fraction of sp³-hybridized carbons (Fsp3) is 0.250. The van der Waals surface area contributed by atoms with Crippen LogP contribution in [0.5, 0.6) is 5.75 Å². The first-order valence-electron chi connectivity index (χ1n) is 9.80. The Morgan fingerprint density at radius 1 is 1.00 bits per heavy atom. The highest BCUT2D eigenvalue weighted by Gasteiger charge is 2.34. The Morgan fingerprint density at radius 2 is 1.72 bits per heavy atom. The van der Waals surface area contributed by atoms with E-state index in [0.717, 1.165) is 30.9 Å². The number of hydrogen-bond acceptors (Lipinski definition) is 3. The average molecular weight is 411 g/mol. The van der Waals surface area contributed by atoms with Crippen molar-refractivity contribution in [3.8, 4) is 5.75 Å². The third kappa shape index (κ3) is 4.39. The smallest absolute Gasteiger partial charge is 0.123 e. The molecule has 1 fully saturated rings. The minimum atomic E-state index is -0.243. The lowest BCUT2D eigenvalue weighted by molar-refractivity contribution is 0.187. The molecule has 0 aliphatic carbocycles. The van der Waals surface area contributed by atoms with E-state index >= 15 is 0 Å². The summed E-state index contributed by atoms with van der Waals surface area (Å²) in [5.41, 5.74) is 3.19. The second-order valence-corrected chi connectivity index (χ2v) is 8.05. The molecule has 1 aliphatic rings. The predicted molar refractivity (Wildman–Crippen MR) is 116 cm³/mol. The number of phenolic OH excluding ortho intramolecular Hbond substituents is 1. The molecule has 150 valence electrons. The molecule has 1 N–H and O–H groups in total. The Hall–Kier alpha value is -2.56. The van der Waals surface area contributed by atoms with Gasteiger partial charge in [-0.15, -0.1) is 0 Å². The third-order valence-corrected chi connectivity index (χ3v) is 5.78. The maximum Gasteiger partial charge on any atom is 0.123 e. The molecule has 1 saturated heterocycles. The van der Waals surface area contributed by atoms with Crippen LogP contribution >= 0.6 is 11.6 Å². The standard InChI is InChI=1S/C24H24ClFN2O/c1-17-14-27(15-18-5-3-2-4-6-18)16-24(19-7-9-20(26)10-8-19)28(17)23-12-11-21(29)13-22(23)25/h2-13,17,24,29H,14-16H2,1H3/t17?,24-/m0/s1. The van der Waals surface area contributed by atoms with Crippen LogP contribution in [-0.2, 0) is 6.54 Å². The lowest BCUT2D eigenvalue weighted by Gasteiger charge is -2.47. The third-order valence-electron chi connectivity index (χ3n) is 5.48. The van der Waals surface area contributed by atoms with E-state index in [1.807, 2.05) is 24.3 Å². The lowest BCUT2D eigenvalue weighted by Crippen LogP contribution is -2.53. The summed E-state index contributed by atoms with van der Waals surface area (Å²) in [6, 6.07) is 22.4. The molecule has 0 bridgehead atoms. The van der Waals surface area contributed by atoms with Crippen LogP contribution in [0.15, 0.2) is 72.8 Å². The molecule has 3 aromatic rings. The van der Waals surface area contributed by atoms with Gasteiger partial charge in [0, 0.05) is 31.7 Å². The van der Waals surface area contributed by atoms with Crippen LogP contribution in [0.1, 0.15) is 24.1 Å². The number of piperazine rings is 1. The summed E-state index contributed by atoms with van der Waals surface area (Å²) in [5.74, 6) is -0.0968. The molecule has 0 amide bonds. The van der Waals surface area contributed by atoms with Crippen molar-refractivity contribution in [3.63, 3.8) is 0 Å². The zero-order valence-electron chi connectivity index (χ0n) is 16.3. The van der Waals surface area contributed by atoms with E-state index < -0.39 is 0 Å². The Kier molecular flexibility index (Phi) is 5.74. The number of rotatable bonds is 4. The first-order chi connectivity index (χ1) is 14.0. The highest BCUT2D eigenvalue weighted by molar-refractivity contribution is 6.33. The lowest BCUT2D eigenvalue weighted by atomic mass is 9.97. The number of benzene rings is 3. The largest absolute Gasteiger partial charge is 0.508 e. The van der Waals surface area contributed by atoms with Crippen molar-refractivity contribution in [2.75, 3.05) is 18.0 Å². The molecule has 5 heteroatoms. The first-order valence-corrected chi connectivity index (χ1v) is 10.2. The van der Waals surface area contributed by atoms with E-state index in [0.29, 0.717) is 5.02 Å². The van der Waals surface area contributed by atoms with Gasteiger partial charge in [-0.3, -0.25) is 4.90 Å². The summed E-state index contributed by atoms with van der Waals surface area (Å²) >= 11 is 6.50. The summed E-state index contributed by atoms with van der Waals surface area (Å²) in [6.45, 7) is 4.71. The summed E-state index contributed by atoms with van der Waals surface area (Å²) in [6.07, 6.45) is 0. The zero-order valence-corrected chi connectivity index (χ0v) is 17.1. The van der Waals surface area contributed by atoms with Crippen molar-refractivity contribution in [1.29, 1.82) is 0 Å². The van der Waals surface area contributed by atoms with Crippen molar-refractivity contribution >= 4 is 17.3 Å². The van der Waals surface area contributed by atoms with Crippen molar-refractivity contribution in [2.45, 2.75) is 25.6 Å². The maximum atomic E-state index is 13.6. The predicted octanol–water partition coefficient (Wildman–Crippen LogP) is 5.64. The number of hydrogen-bond donors (Lipinski definition) is 1. The van der Waals surface area contributed by atoms with Crippen molar-refractivity contribution < 1.29 is 9.50 Å². The van der Waals surface area contributed by atoms with Gasteiger partial charge in [-0.1, -0.05) is 54.1 Å². The minimum Gasteiger partial charge on any atom is -0.508 e. The molecule has 0 spiro atoms. The van der Waals surface area contributed by atoms with Gasteiger partial charge >= 0.3 is 0 Å². The normalized spacial score (nSPS) is 20.0. The second-order valence-electron chi connectivity index (χ2n) is 7.64. The van der Waals surface area contributed by atoms with Crippen molar-refractivity contribution in [1.82, 2.24) is 4.90 Å². The van der Waals surface area contributed by atoms with E-state index in [-0.39, 0.29) is 23.7 Å². The SMILES string of the molecule is CC1CN(Cc2ccccc2)C[C@@H](c2ccc(F)cc2)N1c1ccc(O)cc1Cl. The number of halogens is 2. The zero-order chi connectivity index (χ0) is 20.4. The van der Waals surface area contributed by atoms with Crippen LogP contribution in [0.4, 0.5) is 10.1 Å². The molecule has 0 radical (unpaired) electrons. The molecular formula is C24H24ClFN2O. The van der Waals surface area contributed by atoms with Gasteiger partial charge in [0.1, 0.15) is 11.6 Å². The molecule has 3 aromatic carbocycles. The Balaban J connectivity index is 1.68. The van der Waals surface area contributed by atoms with Gasteiger partial charge in [-0.2, -0.15) is 0 Å². The molecule has 1 unspecified atom stereocenters. The molecule has 3 nitrogen and oxygen atoms in total. The van der Waals surface area contributed by atoms with Crippen LogP contribution in [0, 0.1) is 5.82 Å². The summed E-state index contributed by atoms with van der Waals surface area (Å²) < 4.78 is 13.6. The fourth-order valence-corrected chi connectivity index (χ4v) is 4.48. The van der Waals surface area contributed by atoms with E-state index in [1.165, 1.54) is 17.7 Å². The highest BCUT2D eigenvalue weighted by atomic mass is 35.5. The quantitative estimate of drug-likeness (QED) is 0.603. The minimum absolute atomic E-state index is 0.0186. The molecular weight excluding hydrogens is 387 g/mol. The Labute approximate surface area is 176 Å². The van der Waals surface area contributed by atoms with Crippen molar-refractivity contribution in [2.24, 2.45) is 0 Å². The molecule has 2 atom stereocenters. The maximum absolute atomic E-state index is 13.6. The van der Waals surface area contributed by atoms with Crippen LogP contribution in [0.25, 0.3) is 0 Å². The van der Waals surface area contributed by atoms with Crippen LogP contribution in [0.2, 0.25) is 5.02 Å². The number of phenols is 1. The summed E-state index contributed by atoms with van der Waals surface area (Å²) in [4.78, 5) is 4.72. The molecule has 4 rings (SSSR count). The van der Waals surface area contributed by atoms with Gasteiger partial charge < -0.3 is 10.0 Å². The molecule has 1 aliphatic heterocycles. The number of aromatic hydroxyl groups is 1. The summed E-state index contributed by atoms with van der Waals surface area (Å²) in [7, 11) is 0. The molecule has 0 saturated carbocycles. The van der Waals surface area contributed by atoms with E-state index in [4.69, 9.17) is 11.6 Å². The number of nitrogens with zero attached hydrogens (tertiary/aromatic N) is 2. The topological polar surface area (TPSA) is 26.7 Å². The van der Waals surface area contributed by atoms with E-state index in [9.17, 15) is 9.50 Å². The van der Waals surface area contributed by atoms with Gasteiger partial charge in [-0.25, -0.2) is 4.39 Å². The van der Waals surface area contributed by atoms with Gasteiger partial charge in [0.2, 0.25) is 0 Å². The molecule has 0 aromatic heterocycles. The van der Waals surface area contributed by atoms with Gasteiger partial charge in [0.15, 0.2) is 0 Å². The van der Waals surface area contributed by atoms with Crippen LogP contribution < -0.4 is 4.90 Å². The average Bonchev–Trinajstić information content (AvgIpc) is 2.70. The Morgan fingerprint density at radius 3 is 2.41 bits per heavy atom. The summed E-state index contributed by atoms with van der Waals surface area (Å²) in [5, 5.41) is 10.3. The fourth-order valence-electron chi connectivity index (χ4n) is 4.21. The Bertz CT molecular complexity index is 964. The van der Waals surface area contributed by atoms with E-state index in [1.54, 1.807) is 12.1 Å². The van der Waals surface area contributed by atoms with Gasteiger partial charge in [-0.05, 0) is 42.3 Å². The van der Waals surface area contributed by atoms with Gasteiger partial charge in [0.05, 0.1) is 16.8 Å². The van der Waals surface area contributed by atoms with Gasteiger partial charge in [0.25, 0.3) is 0 Å². The monoisotopic (exact) mass is 410 g/mol. The van der Waals surface area contributed by atoms with E-state index in [2.05, 4.69) is 41.0 Å². The number of anilines is 1.